The molecule has 0 aliphatic rings. The van der Waals surface area contributed by atoms with Crippen LogP contribution in [-0.2, 0) is 11.3 Å². The Morgan fingerprint density at radius 2 is 2.12 bits per heavy atom. The summed E-state index contributed by atoms with van der Waals surface area (Å²) >= 11 is 0. The third-order valence-electron chi connectivity index (χ3n) is 4.06. The molecule has 0 aliphatic heterocycles. The molecule has 1 unspecified atom stereocenters. The number of aliphatic carboxylic acids is 1. The van der Waals surface area contributed by atoms with Crippen LogP contribution in [-0.4, -0.2) is 45.2 Å². The Morgan fingerprint density at radius 1 is 1.36 bits per heavy atom. The lowest BCUT2D eigenvalue weighted by Crippen LogP contribution is -2.41. The molecule has 7 heteroatoms. The van der Waals surface area contributed by atoms with Crippen LogP contribution in [0.4, 0.5) is 4.79 Å². The number of aromatic nitrogens is 2. The van der Waals surface area contributed by atoms with Gasteiger partial charge >= 0.3 is 12.0 Å². The van der Waals surface area contributed by atoms with Gasteiger partial charge < -0.3 is 19.9 Å². The predicted molar refractivity (Wildman–Crippen MR) is 94.3 cm³/mol. The molecule has 0 spiro atoms. The van der Waals surface area contributed by atoms with E-state index in [0.29, 0.717) is 6.54 Å². The van der Waals surface area contributed by atoms with Gasteiger partial charge in [-0.25, -0.2) is 9.78 Å². The van der Waals surface area contributed by atoms with Crippen molar-refractivity contribution in [2.45, 2.75) is 32.9 Å². The van der Waals surface area contributed by atoms with Gasteiger partial charge in [0.2, 0.25) is 0 Å². The lowest BCUT2D eigenvalue weighted by atomic mass is 9.99. The van der Waals surface area contributed by atoms with E-state index < -0.39 is 5.97 Å². The number of rotatable bonds is 7. The molecule has 1 aromatic carbocycles. The second-order valence-electron chi connectivity index (χ2n) is 6.19. The minimum absolute atomic E-state index is 0.0837. The summed E-state index contributed by atoms with van der Waals surface area (Å²) in [7, 11) is 1.59. The van der Waals surface area contributed by atoms with Crippen LogP contribution in [0.25, 0.3) is 0 Å². The van der Waals surface area contributed by atoms with E-state index in [-0.39, 0.29) is 25.0 Å². The third kappa shape index (κ3) is 5.34. The van der Waals surface area contributed by atoms with Crippen molar-refractivity contribution in [2.75, 3.05) is 13.6 Å². The number of carbonyl (C=O) groups excluding carboxylic acids is 1. The molecule has 1 atom stereocenters. The van der Waals surface area contributed by atoms with Gasteiger partial charge in [0.1, 0.15) is 0 Å². The van der Waals surface area contributed by atoms with E-state index in [0.717, 1.165) is 16.7 Å². The predicted octanol–water partition coefficient (Wildman–Crippen LogP) is 2.36. The first-order valence-electron chi connectivity index (χ1n) is 8.13. The zero-order chi connectivity index (χ0) is 18.4. The van der Waals surface area contributed by atoms with Gasteiger partial charge in [-0.3, -0.25) is 4.79 Å². The molecule has 1 heterocycles. The number of nitrogens with zero attached hydrogens (tertiary/aromatic N) is 3. The molecular weight excluding hydrogens is 320 g/mol. The standard InChI is InChI=1S/C18H24N4O3/c1-13-4-5-15(14(2)10-13)16(11-22-9-7-19-12-22)20-18(25)21(3)8-6-17(23)24/h4-5,7,9-10,12,16H,6,8,11H2,1-3H3,(H,20,25)(H,23,24). The van der Waals surface area contributed by atoms with E-state index in [2.05, 4.69) is 16.4 Å². The molecule has 0 radical (unpaired) electrons. The van der Waals surface area contributed by atoms with Gasteiger partial charge in [0.15, 0.2) is 0 Å². The lowest BCUT2D eigenvalue weighted by Gasteiger charge is -2.25. The average molecular weight is 344 g/mol. The highest BCUT2D eigenvalue weighted by atomic mass is 16.4. The smallest absolute Gasteiger partial charge is 0.317 e. The number of carboxylic acid groups (broad SMARTS) is 1. The monoisotopic (exact) mass is 344 g/mol. The van der Waals surface area contributed by atoms with Gasteiger partial charge in [0, 0.05) is 32.5 Å². The Bertz CT molecular complexity index is 728. The van der Waals surface area contributed by atoms with Crippen LogP contribution < -0.4 is 5.32 Å². The largest absolute Gasteiger partial charge is 0.481 e. The van der Waals surface area contributed by atoms with Crippen LogP contribution in [0.3, 0.4) is 0 Å². The molecule has 2 amide bonds. The third-order valence-corrected chi connectivity index (χ3v) is 4.06. The summed E-state index contributed by atoms with van der Waals surface area (Å²) in [5, 5.41) is 11.8. The molecular formula is C18H24N4O3. The fourth-order valence-electron chi connectivity index (χ4n) is 2.67. The Morgan fingerprint density at radius 3 is 2.72 bits per heavy atom. The number of urea groups is 1. The molecule has 7 nitrogen and oxygen atoms in total. The second-order valence-corrected chi connectivity index (χ2v) is 6.19. The van der Waals surface area contributed by atoms with Crippen LogP contribution in [0.5, 0.6) is 0 Å². The Labute approximate surface area is 147 Å². The van der Waals surface area contributed by atoms with Gasteiger partial charge in [0.25, 0.3) is 0 Å². The number of hydrogen-bond acceptors (Lipinski definition) is 3. The quantitative estimate of drug-likeness (QED) is 0.807. The topological polar surface area (TPSA) is 87.5 Å². The summed E-state index contributed by atoms with van der Waals surface area (Å²) in [6, 6.07) is 5.57. The number of nitrogens with one attached hydrogen (secondary N) is 1. The van der Waals surface area contributed by atoms with E-state index in [1.807, 2.05) is 36.7 Å². The summed E-state index contributed by atoms with van der Waals surface area (Å²) in [6.45, 7) is 4.75. The first-order chi connectivity index (χ1) is 11.9. The molecule has 2 rings (SSSR count). The maximum absolute atomic E-state index is 12.4. The second kappa shape index (κ2) is 8.32. The number of benzene rings is 1. The number of aryl methyl sites for hydroxylation is 2. The summed E-state index contributed by atoms with van der Waals surface area (Å²) in [6.07, 6.45) is 5.16. The molecule has 2 aromatic rings. The van der Waals surface area contributed by atoms with Crippen molar-refractivity contribution in [3.8, 4) is 0 Å². The van der Waals surface area contributed by atoms with Crippen molar-refractivity contribution < 1.29 is 14.7 Å². The molecule has 0 bridgehead atoms. The molecule has 1 aromatic heterocycles. The van der Waals surface area contributed by atoms with Gasteiger partial charge in [-0.15, -0.1) is 0 Å². The number of carbonyl (C=O) groups is 2. The Balaban J connectivity index is 2.16. The number of amides is 2. The molecule has 0 saturated carbocycles. The van der Waals surface area contributed by atoms with Gasteiger partial charge in [0.05, 0.1) is 18.8 Å². The van der Waals surface area contributed by atoms with Gasteiger partial charge in [-0.1, -0.05) is 23.8 Å². The van der Waals surface area contributed by atoms with E-state index in [9.17, 15) is 9.59 Å². The molecule has 134 valence electrons. The van der Waals surface area contributed by atoms with Crippen LogP contribution in [0, 0.1) is 13.8 Å². The maximum atomic E-state index is 12.4. The zero-order valence-corrected chi connectivity index (χ0v) is 14.8. The summed E-state index contributed by atoms with van der Waals surface area (Å²) < 4.78 is 1.90. The highest BCUT2D eigenvalue weighted by Gasteiger charge is 2.19. The first kappa shape index (κ1) is 18.5. The van der Waals surface area contributed by atoms with Crippen LogP contribution in [0.2, 0.25) is 0 Å². The zero-order valence-electron chi connectivity index (χ0n) is 14.8. The first-order valence-corrected chi connectivity index (χ1v) is 8.13. The molecule has 2 N–H and O–H groups in total. The average Bonchev–Trinajstić information content (AvgIpc) is 3.05. The normalized spacial score (nSPS) is 11.8. The fraction of sp³-hybridized carbons (Fsp3) is 0.389. The van der Waals surface area contributed by atoms with Crippen molar-refractivity contribution in [3.05, 3.63) is 53.6 Å². The number of carboxylic acids is 1. The van der Waals surface area contributed by atoms with Crippen LogP contribution in [0.1, 0.15) is 29.2 Å². The minimum Gasteiger partial charge on any atom is -0.481 e. The Kier molecular flexibility index (Phi) is 6.16. The Hall–Kier alpha value is -2.83. The summed E-state index contributed by atoms with van der Waals surface area (Å²) in [5.74, 6) is -0.927. The van der Waals surface area contributed by atoms with Crippen molar-refractivity contribution in [1.29, 1.82) is 0 Å². The van der Waals surface area contributed by atoms with Gasteiger partial charge in [-0.05, 0) is 25.0 Å². The van der Waals surface area contributed by atoms with E-state index in [1.165, 1.54) is 4.90 Å². The van der Waals surface area contributed by atoms with E-state index in [4.69, 9.17) is 5.11 Å². The van der Waals surface area contributed by atoms with Crippen molar-refractivity contribution >= 4 is 12.0 Å². The molecule has 25 heavy (non-hydrogen) atoms. The van der Waals surface area contributed by atoms with E-state index >= 15 is 0 Å². The highest BCUT2D eigenvalue weighted by Crippen LogP contribution is 2.21. The van der Waals surface area contributed by atoms with Crippen LogP contribution >= 0.6 is 0 Å². The highest BCUT2D eigenvalue weighted by molar-refractivity contribution is 5.75. The van der Waals surface area contributed by atoms with Crippen molar-refractivity contribution in [1.82, 2.24) is 19.8 Å². The van der Waals surface area contributed by atoms with E-state index in [1.54, 1.807) is 19.6 Å². The summed E-state index contributed by atoms with van der Waals surface area (Å²) in [5.41, 5.74) is 3.28. The maximum Gasteiger partial charge on any atom is 0.317 e. The number of hydrogen-bond donors (Lipinski definition) is 2. The molecule has 0 aliphatic carbocycles. The van der Waals surface area contributed by atoms with Crippen molar-refractivity contribution in [2.24, 2.45) is 0 Å². The van der Waals surface area contributed by atoms with Crippen molar-refractivity contribution in [3.63, 3.8) is 0 Å². The van der Waals surface area contributed by atoms with Gasteiger partial charge in [-0.2, -0.15) is 0 Å². The fourth-order valence-corrected chi connectivity index (χ4v) is 2.67. The summed E-state index contributed by atoms with van der Waals surface area (Å²) in [4.78, 5) is 28.6. The number of imidazole rings is 1. The van der Waals surface area contributed by atoms with Crippen LogP contribution in [0.15, 0.2) is 36.9 Å². The minimum atomic E-state index is -0.927. The SMILES string of the molecule is Cc1ccc(C(Cn2ccnc2)NC(=O)N(C)CCC(=O)O)c(C)c1. The molecule has 0 fully saturated rings. The molecule has 0 saturated heterocycles. The lowest BCUT2D eigenvalue weighted by molar-refractivity contribution is -0.137.